The first-order valence-corrected chi connectivity index (χ1v) is 7.30. The van der Waals surface area contributed by atoms with E-state index in [1.807, 2.05) is 6.08 Å². The van der Waals surface area contributed by atoms with Crippen LogP contribution in [0.4, 0.5) is 0 Å². The van der Waals surface area contributed by atoms with E-state index < -0.39 is 0 Å². The maximum Gasteiger partial charge on any atom is 0.100 e. The summed E-state index contributed by atoms with van der Waals surface area (Å²) < 4.78 is 0. The van der Waals surface area contributed by atoms with Crippen LogP contribution in [-0.2, 0) is 0 Å². The number of rotatable bonds is 3. The van der Waals surface area contributed by atoms with Gasteiger partial charge in [-0.2, -0.15) is 0 Å². The summed E-state index contributed by atoms with van der Waals surface area (Å²) in [4.78, 5) is 4.57. The first-order valence-electron chi connectivity index (χ1n) is 7.30. The maximum absolute atomic E-state index is 6.38. The summed E-state index contributed by atoms with van der Waals surface area (Å²) in [5, 5.41) is 0. The molecule has 2 unspecified atom stereocenters. The molecule has 0 radical (unpaired) electrons. The Morgan fingerprint density at radius 3 is 2.33 bits per heavy atom. The molecule has 2 atom stereocenters. The van der Waals surface area contributed by atoms with Gasteiger partial charge in [-0.3, -0.25) is 4.99 Å². The van der Waals surface area contributed by atoms with Gasteiger partial charge < -0.3 is 5.73 Å². The topological polar surface area (TPSA) is 38.4 Å². The van der Waals surface area contributed by atoms with Crippen molar-refractivity contribution in [1.29, 1.82) is 0 Å². The zero-order chi connectivity index (χ0) is 13.0. The molecule has 0 saturated heterocycles. The number of aliphatic imine (C=N–C) groups is 1. The molecular weight excluding hydrogens is 220 g/mol. The van der Waals surface area contributed by atoms with Crippen LogP contribution in [0.3, 0.4) is 0 Å². The third kappa shape index (κ3) is 1.72. The van der Waals surface area contributed by atoms with E-state index >= 15 is 0 Å². The summed E-state index contributed by atoms with van der Waals surface area (Å²) in [5.74, 6) is 1.80. The molecule has 0 heterocycles. The van der Waals surface area contributed by atoms with Crippen LogP contribution in [0.5, 0.6) is 0 Å². The van der Waals surface area contributed by atoms with Crippen LogP contribution in [0.2, 0.25) is 0 Å². The summed E-state index contributed by atoms with van der Waals surface area (Å²) in [6.45, 7) is 9.37. The first-order chi connectivity index (χ1) is 8.39. The van der Waals surface area contributed by atoms with E-state index in [0.29, 0.717) is 17.4 Å². The molecule has 0 spiro atoms. The Morgan fingerprint density at radius 2 is 1.83 bits per heavy atom. The minimum Gasteiger partial charge on any atom is -0.387 e. The third-order valence-corrected chi connectivity index (χ3v) is 5.56. The van der Waals surface area contributed by atoms with Crippen LogP contribution in [-0.4, -0.2) is 12.4 Å². The first kappa shape index (κ1) is 12.3. The molecular formula is C16H26N2. The van der Waals surface area contributed by atoms with Crippen LogP contribution >= 0.6 is 0 Å². The molecule has 18 heavy (non-hydrogen) atoms. The molecule has 100 valence electrons. The number of nitrogens with two attached hydrogens (primary N) is 1. The van der Waals surface area contributed by atoms with Crippen molar-refractivity contribution in [1.82, 2.24) is 0 Å². The van der Waals surface area contributed by atoms with E-state index in [-0.39, 0.29) is 5.41 Å². The average molecular weight is 246 g/mol. The van der Waals surface area contributed by atoms with Gasteiger partial charge in [-0.25, -0.2) is 0 Å². The van der Waals surface area contributed by atoms with E-state index in [2.05, 4.69) is 25.4 Å². The van der Waals surface area contributed by atoms with Gasteiger partial charge in [0.2, 0.25) is 0 Å². The lowest BCUT2D eigenvalue weighted by Gasteiger charge is -2.65. The van der Waals surface area contributed by atoms with Crippen molar-refractivity contribution in [3.05, 3.63) is 12.7 Å². The van der Waals surface area contributed by atoms with E-state index in [4.69, 9.17) is 5.73 Å². The predicted octanol–water partition coefficient (Wildman–Crippen LogP) is 3.53. The lowest BCUT2D eigenvalue weighted by molar-refractivity contribution is -0.116. The zero-order valence-electron chi connectivity index (χ0n) is 11.8. The molecule has 0 amide bonds. The van der Waals surface area contributed by atoms with E-state index in [1.54, 1.807) is 0 Å². The Hall–Kier alpha value is -0.790. The number of nitrogens with zero attached hydrogens (tertiary/aromatic N) is 1. The molecule has 0 aromatic carbocycles. The summed E-state index contributed by atoms with van der Waals surface area (Å²) in [5.41, 5.74) is 7.63. The largest absolute Gasteiger partial charge is 0.387 e. The highest BCUT2D eigenvalue weighted by atomic mass is 14.9. The van der Waals surface area contributed by atoms with Crippen LogP contribution in [0.1, 0.15) is 52.4 Å². The standard InChI is InChI=1S/C16H26N2/c1-4-5-18-13(17)16-8-12-6-14(2,10-16)9-15(3,7-12)11-16/h4,12H,1,5-11H2,2-3H3,(H2,17,18). The molecule has 4 bridgehead atoms. The maximum atomic E-state index is 6.38. The van der Waals surface area contributed by atoms with Crippen LogP contribution in [0.25, 0.3) is 0 Å². The SMILES string of the molecule is C=CCN=C(N)C12CC3CC(C)(CC(C)(C3)C1)C2. The number of hydrogen-bond donors (Lipinski definition) is 1. The lowest BCUT2D eigenvalue weighted by Crippen LogP contribution is -2.59. The molecule has 4 rings (SSSR count). The van der Waals surface area contributed by atoms with E-state index in [1.165, 1.54) is 38.5 Å². The van der Waals surface area contributed by atoms with Gasteiger partial charge in [0.05, 0.1) is 6.54 Å². The molecule has 4 fully saturated rings. The summed E-state index contributed by atoms with van der Waals surface area (Å²) in [6.07, 6.45) is 9.88. The fraction of sp³-hybridized carbons (Fsp3) is 0.812. The second-order valence-electron chi connectivity index (χ2n) is 7.92. The highest BCUT2D eigenvalue weighted by Crippen LogP contribution is 2.69. The molecule has 2 N–H and O–H groups in total. The summed E-state index contributed by atoms with van der Waals surface area (Å²) in [7, 11) is 0. The van der Waals surface area contributed by atoms with Crippen LogP contribution in [0.15, 0.2) is 17.6 Å². The zero-order valence-corrected chi connectivity index (χ0v) is 11.8. The minimum absolute atomic E-state index is 0.214. The van der Waals surface area contributed by atoms with Crippen molar-refractivity contribution >= 4 is 5.84 Å². The van der Waals surface area contributed by atoms with Crippen LogP contribution in [0, 0.1) is 22.2 Å². The fourth-order valence-electron chi connectivity index (χ4n) is 6.06. The monoisotopic (exact) mass is 246 g/mol. The van der Waals surface area contributed by atoms with Gasteiger partial charge in [-0.1, -0.05) is 19.9 Å². The normalized spacial score (nSPS) is 50.6. The van der Waals surface area contributed by atoms with Gasteiger partial charge >= 0.3 is 0 Å². The molecule has 4 saturated carbocycles. The molecule has 0 aromatic heterocycles. The van der Waals surface area contributed by atoms with E-state index in [9.17, 15) is 0 Å². The van der Waals surface area contributed by atoms with Gasteiger partial charge in [0.1, 0.15) is 5.84 Å². The summed E-state index contributed by atoms with van der Waals surface area (Å²) >= 11 is 0. The van der Waals surface area contributed by atoms with Gasteiger partial charge in [-0.05, 0) is 55.3 Å². The Morgan fingerprint density at radius 1 is 1.22 bits per heavy atom. The number of hydrogen-bond acceptors (Lipinski definition) is 1. The molecule has 4 aliphatic rings. The predicted molar refractivity (Wildman–Crippen MR) is 76.5 cm³/mol. The van der Waals surface area contributed by atoms with Crippen molar-refractivity contribution in [3.63, 3.8) is 0 Å². The van der Waals surface area contributed by atoms with Crippen molar-refractivity contribution in [2.75, 3.05) is 6.54 Å². The van der Waals surface area contributed by atoms with Crippen molar-refractivity contribution in [2.45, 2.75) is 52.4 Å². The molecule has 4 aliphatic carbocycles. The van der Waals surface area contributed by atoms with Crippen molar-refractivity contribution in [3.8, 4) is 0 Å². The lowest BCUT2D eigenvalue weighted by atomic mass is 9.40. The van der Waals surface area contributed by atoms with Gasteiger partial charge in [0, 0.05) is 5.41 Å². The van der Waals surface area contributed by atoms with Gasteiger partial charge in [0.25, 0.3) is 0 Å². The smallest absolute Gasteiger partial charge is 0.100 e. The van der Waals surface area contributed by atoms with Crippen molar-refractivity contribution < 1.29 is 0 Å². The second kappa shape index (κ2) is 3.61. The molecule has 2 nitrogen and oxygen atoms in total. The number of amidine groups is 1. The average Bonchev–Trinajstić information content (AvgIpc) is 2.20. The Bertz CT molecular complexity index is 391. The Balaban J connectivity index is 1.96. The quantitative estimate of drug-likeness (QED) is 0.462. The Labute approximate surface area is 111 Å². The second-order valence-corrected chi connectivity index (χ2v) is 7.92. The fourth-order valence-corrected chi connectivity index (χ4v) is 6.06. The van der Waals surface area contributed by atoms with Gasteiger partial charge in [0.15, 0.2) is 0 Å². The van der Waals surface area contributed by atoms with Gasteiger partial charge in [-0.15, -0.1) is 6.58 Å². The highest BCUT2D eigenvalue weighted by molar-refractivity contribution is 5.87. The molecule has 2 heteroatoms. The summed E-state index contributed by atoms with van der Waals surface area (Å²) in [6, 6.07) is 0. The molecule has 0 aromatic rings. The van der Waals surface area contributed by atoms with Crippen LogP contribution < -0.4 is 5.73 Å². The minimum atomic E-state index is 0.214. The molecule has 0 aliphatic heterocycles. The van der Waals surface area contributed by atoms with Crippen molar-refractivity contribution in [2.24, 2.45) is 32.9 Å². The Kier molecular flexibility index (Phi) is 2.46. The third-order valence-electron chi connectivity index (χ3n) is 5.56. The van der Waals surface area contributed by atoms with E-state index in [0.717, 1.165) is 11.8 Å². The highest BCUT2D eigenvalue weighted by Gasteiger charge is 2.61.